The number of carbonyl (C=O) groups is 2. The highest BCUT2D eigenvalue weighted by Gasteiger charge is 2.22. The molecule has 0 fully saturated rings. The summed E-state index contributed by atoms with van der Waals surface area (Å²) in [6.07, 6.45) is 1.69. The molecule has 1 N–H and O–H groups in total. The quantitative estimate of drug-likeness (QED) is 0.305. The van der Waals surface area contributed by atoms with Crippen molar-refractivity contribution in [2.45, 2.75) is 6.54 Å². The van der Waals surface area contributed by atoms with Gasteiger partial charge in [-0.2, -0.15) is 0 Å². The number of aromatic nitrogens is 3. The van der Waals surface area contributed by atoms with Crippen molar-refractivity contribution < 1.29 is 9.59 Å². The number of carbonyl (C=O) groups excluding carboxylic acids is 2. The van der Waals surface area contributed by atoms with E-state index in [2.05, 4.69) is 5.32 Å². The number of anilines is 1. The lowest BCUT2D eigenvalue weighted by molar-refractivity contribution is -0.112. The number of hydrogen-bond acceptors (Lipinski definition) is 3. The summed E-state index contributed by atoms with van der Waals surface area (Å²) in [5, 5.41) is 4.00. The van der Waals surface area contributed by atoms with Crippen LogP contribution in [0.2, 0.25) is 5.02 Å². The van der Waals surface area contributed by atoms with Crippen LogP contribution in [0.3, 0.4) is 0 Å². The predicted octanol–water partition coefficient (Wildman–Crippen LogP) is 4.35. The van der Waals surface area contributed by atoms with Gasteiger partial charge < -0.3 is 9.88 Å². The van der Waals surface area contributed by atoms with E-state index in [4.69, 9.17) is 11.6 Å². The zero-order valence-corrected chi connectivity index (χ0v) is 19.3. The number of fused-ring (bicyclic) bond motifs is 2. The first-order chi connectivity index (χ1) is 16.3. The normalized spacial score (nSPS) is 11.3. The number of Topliss-reactive ketones (excluding diaryl/α,β-unsaturated/α-hetero) is 1. The van der Waals surface area contributed by atoms with E-state index >= 15 is 0 Å². The molecular formula is C26H21ClN4O3. The lowest BCUT2D eigenvalue weighted by Crippen LogP contribution is -2.22. The van der Waals surface area contributed by atoms with E-state index in [-0.39, 0.29) is 5.69 Å². The smallest absolute Gasteiger partial charge is 0.328 e. The van der Waals surface area contributed by atoms with E-state index in [9.17, 15) is 14.4 Å². The number of rotatable bonds is 5. The van der Waals surface area contributed by atoms with Crippen LogP contribution < -0.4 is 11.0 Å². The van der Waals surface area contributed by atoms with E-state index in [1.165, 1.54) is 9.13 Å². The van der Waals surface area contributed by atoms with Crippen molar-refractivity contribution in [2.75, 3.05) is 5.32 Å². The summed E-state index contributed by atoms with van der Waals surface area (Å²) in [4.78, 5) is 38.2. The maximum absolute atomic E-state index is 13.2. The molecule has 2 aromatic heterocycles. The number of imidazole rings is 1. The van der Waals surface area contributed by atoms with Gasteiger partial charge in [-0.15, -0.1) is 0 Å². The number of hydrogen-bond donors (Lipinski definition) is 1. The van der Waals surface area contributed by atoms with Crippen LogP contribution in [0, 0.1) is 0 Å². The third-order valence-corrected chi connectivity index (χ3v) is 6.44. The van der Waals surface area contributed by atoms with Crippen LogP contribution in [-0.2, 0) is 25.4 Å². The van der Waals surface area contributed by atoms with Crippen LogP contribution in [0.5, 0.6) is 0 Å². The second-order valence-electron chi connectivity index (χ2n) is 8.17. The van der Waals surface area contributed by atoms with E-state index in [0.717, 1.165) is 16.6 Å². The van der Waals surface area contributed by atoms with Gasteiger partial charge in [-0.1, -0.05) is 48.0 Å². The van der Waals surface area contributed by atoms with Gasteiger partial charge in [-0.3, -0.25) is 18.7 Å². The van der Waals surface area contributed by atoms with Crippen molar-refractivity contribution in [3.8, 4) is 0 Å². The first kappa shape index (κ1) is 21.7. The topological polar surface area (TPSA) is 78.0 Å². The fraction of sp³-hybridized carbons (Fsp3) is 0.115. The highest BCUT2D eigenvalue weighted by atomic mass is 35.5. The standard InChI is InChI=1S/C26H21ClN4O3/c1-29-22-12-11-17(13-23(22)30(2)26(29)34)28-25(33)24(32)19-15-31(21-10-6-4-8-18(19)21)14-16-7-3-5-9-20(16)27/h3-13,15H,14H2,1-2H3,(H,28,33). The molecule has 170 valence electrons. The Morgan fingerprint density at radius 3 is 2.38 bits per heavy atom. The average Bonchev–Trinajstić information content (AvgIpc) is 3.31. The lowest BCUT2D eigenvalue weighted by atomic mass is 10.1. The number of amides is 1. The molecule has 0 aliphatic rings. The van der Waals surface area contributed by atoms with Crippen LogP contribution in [-0.4, -0.2) is 25.4 Å². The van der Waals surface area contributed by atoms with E-state index in [1.54, 1.807) is 38.5 Å². The molecule has 0 radical (unpaired) electrons. The highest BCUT2D eigenvalue weighted by molar-refractivity contribution is 6.48. The van der Waals surface area contributed by atoms with Gasteiger partial charge in [0, 0.05) is 48.4 Å². The largest absolute Gasteiger partial charge is 0.342 e. The Kier molecular flexibility index (Phi) is 5.34. The minimum absolute atomic E-state index is 0.166. The fourth-order valence-electron chi connectivity index (χ4n) is 4.26. The predicted molar refractivity (Wildman–Crippen MR) is 134 cm³/mol. The Labute approximate surface area is 199 Å². The van der Waals surface area contributed by atoms with Crippen molar-refractivity contribution >= 4 is 50.9 Å². The molecule has 0 unspecified atom stereocenters. The van der Waals surface area contributed by atoms with Gasteiger partial charge in [0.2, 0.25) is 0 Å². The van der Waals surface area contributed by atoms with Crippen molar-refractivity contribution in [1.82, 2.24) is 13.7 Å². The number of nitrogens with one attached hydrogen (secondary N) is 1. The van der Waals surface area contributed by atoms with E-state index in [0.29, 0.717) is 33.7 Å². The van der Waals surface area contributed by atoms with Crippen molar-refractivity contribution in [1.29, 1.82) is 0 Å². The molecule has 0 atom stereocenters. The summed E-state index contributed by atoms with van der Waals surface area (Å²) in [5.41, 5.74) is 3.73. The Balaban J connectivity index is 1.47. The molecule has 0 aliphatic carbocycles. The number of benzene rings is 3. The zero-order valence-electron chi connectivity index (χ0n) is 18.6. The van der Waals surface area contributed by atoms with Crippen LogP contribution in [0.4, 0.5) is 5.69 Å². The van der Waals surface area contributed by atoms with Gasteiger partial charge >= 0.3 is 5.69 Å². The molecule has 3 aromatic carbocycles. The van der Waals surface area contributed by atoms with Gasteiger partial charge in [0.1, 0.15) is 0 Å². The van der Waals surface area contributed by atoms with Crippen molar-refractivity contribution in [3.05, 3.63) is 99.6 Å². The number of ketones is 1. The number of halogens is 1. The minimum atomic E-state index is -0.749. The molecule has 7 nitrogen and oxygen atoms in total. The van der Waals surface area contributed by atoms with E-state index < -0.39 is 11.7 Å². The zero-order chi connectivity index (χ0) is 24.0. The maximum atomic E-state index is 13.2. The first-order valence-electron chi connectivity index (χ1n) is 10.7. The molecular weight excluding hydrogens is 452 g/mol. The summed E-state index contributed by atoms with van der Waals surface area (Å²) >= 11 is 6.33. The number of aryl methyl sites for hydroxylation is 2. The molecule has 0 aliphatic heterocycles. The summed E-state index contributed by atoms with van der Waals surface area (Å²) in [7, 11) is 3.35. The molecule has 5 rings (SSSR count). The fourth-order valence-corrected chi connectivity index (χ4v) is 4.46. The van der Waals surface area contributed by atoms with Crippen LogP contribution in [0.25, 0.3) is 21.9 Å². The van der Waals surface area contributed by atoms with Gasteiger partial charge in [-0.05, 0) is 35.9 Å². The number of para-hydroxylation sites is 1. The van der Waals surface area contributed by atoms with Gasteiger partial charge in [0.15, 0.2) is 0 Å². The first-order valence-corrected chi connectivity index (χ1v) is 11.1. The molecule has 0 saturated heterocycles. The molecule has 0 spiro atoms. The molecule has 0 saturated carbocycles. The molecule has 5 aromatic rings. The average molecular weight is 473 g/mol. The monoisotopic (exact) mass is 472 g/mol. The number of nitrogens with zero attached hydrogens (tertiary/aromatic N) is 3. The van der Waals surface area contributed by atoms with Crippen LogP contribution in [0.15, 0.2) is 77.7 Å². The maximum Gasteiger partial charge on any atom is 0.328 e. The Hall–Kier alpha value is -4.10. The summed E-state index contributed by atoms with van der Waals surface area (Å²) in [5.74, 6) is -1.39. The lowest BCUT2D eigenvalue weighted by Gasteiger charge is -2.07. The second kappa shape index (κ2) is 8.35. The SMILES string of the molecule is Cn1c(=O)n(C)c2cc(NC(=O)C(=O)c3cn(Cc4ccccc4Cl)c4ccccc34)ccc21. The Bertz CT molecular complexity index is 1660. The van der Waals surface area contributed by atoms with Crippen LogP contribution in [0.1, 0.15) is 15.9 Å². The summed E-state index contributed by atoms with van der Waals surface area (Å²) < 4.78 is 4.94. The minimum Gasteiger partial charge on any atom is -0.342 e. The molecule has 34 heavy (non-hydrogen) atoms. The van der Waals surface area contributed by atoms with Gasteiger partial charge in [-0.25, -0.2) is 4.79 Å². The van der Waals surface area contributed by atoms with Crippen LogP contribution >= 0.6 is 11.6 Å². The van der Waals surface area contributed by atoms with Gasteiger partial charge in [0.05, 0.1) is 16.6 Å². The second-order valence-corrected chi connectivity index (χ2v) is 8.57. The highest BCUT2D eigenvalue weighted by Crippen LogP contribution is 2.25. The third kappa shape index (κ3) is 3.60. The summed E-state index contributed by atoms with van der Waals surface area (Å²) in [6.45, 7) is 0.466. The van der Waals surface area contributed by atoms with Crippen molar-refractivity contribution in [2.24, 2.45) is 14.1 Å². The van der Waals surface area contributed by atoms with Crippen molar-refractivity contribution in [3.63, 3.8) is 0 Å². The Morgan fingerprint density at radius 1 is 0.882 bits per heavy atom. The van der Waals surface area contributed by atoms with E-state index in [1.807, 2.05) is 53.1 Å². The molecule has 2 heterocycles. The molecule has 8 heteroatoms. The third-order valence-electron chi connectivity index (χ3n) is 6.07. The Morgan fingerprint density at radius 2 is 1.59 bits per heavy atom. The molecule has 1 amide bonds. The summed E-state index contributed by atoms with van der Waals surface area (Å²) in [6, 6.07) is 20.1. The van der Waals surface area contributed by atoms with Gasteiger partial charge in [0.25, 0.3) is 11.7 Å². The molecule has 0 bridgehead atoms.